The lowest BCUT2D eigenvalue weighted by Gasteiger charge is -2.19. The molecule has 102 valence electrons. The first-order valence-corrected chi connectivity index (χ1v) is 7.91. The van der Waals surface area contributed by atoms with Crippen LogP contribution in [-0.4, -0.2) is 44.1 Å². The highest BCUT2D eigenvalue weighted by molar-refractivity contribution is 7.90. The first-order chi connectivity index (χ1) is 8.35. The zero-order valence-electron chi connectivity index (χ0n) is 11.0. The molecular formula is C12H20N2O3S. The van der Waals surface area contributed by atoms with E-state index in [0.29, 0.717) is 12.4 Å². The molecule has 0 saturated carbocycles. The van der Waals surface area contributed by atoms with E-state index in [0.717, 1.165) is 17.7 Å². The predicted octanol–water partition coefficient (Wildman–Crippen LogP) is 0.617. The number of anilines is 1. The van der Waals surface area contributed by atoms with Crippen molar-refractivity contribution in [2.75, 3.05) is 30.5 Å². The molecular weight excluding hydrogens is 252 g/mol. The fourth-order valence-corrected chi connectivity index (χ4v) is 2.12. The number of aromatic nitrogens is 1. The third-order valence-corrected chi connectivity index (χ3v) is 3.58. The monoisotopic (exact) mass is 272 g/mol. The molecule has 1 aromatic rings. The molecule has 0 aromatic carbocycles. The third kappa shape index (κ3) is 4.62. The Labute approximate surface area is 108 Å². The second-order valence-corrected chi connectivity index (χ2v) is 6.65. The maximum Gasteiger partial charge on any atom is 0.149 e. The van der Waals surface area contributed by atoms with Crippen molar-refractivity contribution in [1.29, 1.82) is 0 Å². The molecule has 0 bridgehead atoms. The number of hydrogen-bond donors (Lipinski definition) is 1. The molecule has 0 radical (unpaired) electrons. The van der Waals surface area contributed by atoms with Crippen molar-refractivity contribution < 1.29 is 13.5 Å². The molecule has 5 nitrogen and oxygen atoms in total. The topological polar surface area (TPSA) is 70.5 Å². The molecule has 0 unspecified atom stereocenters. The smallest absolute Gasteiger partial charge is 0.149 e. The van der Waals surface area contributed by atoms with Gasteiger partial charge in [-0.2, -0.15) is 0 Å². The van der Waals surface area contributed by atoms with Crippen LogP contribution in [0, 0.1) is 0 Å². The van der Waals surface area contributed by atoms with Crippen molar-refractivity contribution >= 4 is 15.7 Å². The number of nitrogens with zero attached hydrogens (tertiary/aromatic N) is 2. The Morgan fingerprint density at radius 2 is 2.06 bits per heavy atom. The van der Waals surface area contributed by atoms with Crippen LogP contribution in [0.15, 0.2) is 12.1 Å². The van der Waals surface area contributed by atoms with Gasteiger partial charge in [0, 0.05) is 25.5 Å². The first kappa shape index (κ1) is 14.9. The van der Waals surface area contributed by atoms with E-state index in [2.05, 4.69) is 4.98 Å². The third-order valence-electron chi connectivity index (χ3n) is 2.66. The summed E-state index contributed by atoms with van der Waals surface area (Å²) in [5.41, 5.74) is 1.69. The van der Waals surface area contributed by atoms with Crippen LogP contribution in [-0.2, 0) is 22.9 Å². The molecule has 18 heavy (non-hydrogen) atoms. The standard InChI is InChI=1S/C12H20N2O3S/c1-4-11-7-10(9-15)8-12(13-11)14(2)5-6-18(3,16)17/h7-8,15H,4-6,9H2,1-3H3. The van der Waals surface area contributed by atoms with E-state index >= 15 is 0 Å². The normalized spacial score (nSPS) is 11.6. The quantitative estimate of drug-likeness (QED) is 0.822. The summed E-state index contributed by atoms with van der Waals surface area (Å²) in [6.45, 7) is 2.34. The van der Waals surface area contributed by atoms with Gasteiger partial charge in [0.05, 0.1) is 12.4 Å². The van der Waals surface area contributed by atoms with Gasteiger partial charge >= 0.3 is 0 Å². The van der Waals surface area contributed by atoms with Gasteiger partial charge in [-0.15, -0.1) is 0 Å². The maximum atomic E-state index is 11.1. The van der Waals surface area contributed by atoms with Crippen LogP contribution in [0.2, 0.25) is 0 Å². The minimum atomic E-state index is -2.98. The van der Waals surface area contributed by atoms with E-state index in [1.807, 2.05) is 13.0 Å². The van der Waals surface area contributed by atoms with Gasteiger partial charge in [0.1, 0.15) is 15.7 Å². The molecule has 0 aliphatic rings. The van der Waals surface area contributed by atoms with Gasteiger partial charge in [-0.1, -0.05) is 6.92 Å². The SMILES string of the molecule is CCc1cc(CO)cc(N(C)CCS(C)(=O)=O)n1. The average molecular weight is 272 g/mol. The zero-order valence-corrected chi connectivity index (χ0v) is 11.9. The van der Waals surface area contributed by atoms with Crippen LogP contribution >= 0.6 is 0 Å². The van der Waals surface area contributed by atoms with Crippen molar-refractivity contribution in [1.82, 2.24) is 4.98 Å². The van der Waals surface area contributed by atoms with Gasteiger partial charge in [-0.25, -0.2) is 13.4 Å². The van der Waals surface area contributed by atoms with Crippen molar-refractivity contribution in [3.05, 3.63) is 23.4 Å². The number of rotatable bonds is 6. The molecule has 1 rings (SSSR count). The summed E-state index contributed by atoms with van der Waals surface area (Å²) >= 11 is 0. The molecule has 0 fully saturated rings. The highest BCUT2D eigenvalue weighted by Crippen LogP contribution is 2.14. The number of hydrogen-bond acceptors (Lipinski definition) is 5. The van der Waals surface area contributed by atoms with Crippen molar-refractivity contribution in [3.63, 3.8) is 0 Å². The largest absolute Gasteiger partial charge is 0.392 e. The van der Waals surface area contributed by atoms with Gasteiger partial charge in [0.15, 0.2) is 0 Å². The second kappa shape index (κ2) is 6.15. The van der Waals surface area contributed by atoms with E-state index in [4.69, 9.17) is 0 Å². The van der Waals surface area contributed by atoms with Gasteiger partial charge in [0.25, 0.3) is 0 Å². The fourth-order valence-electron chi connectivity index (χ4n) is 1.52. The van der Waals surface area contributed by atoms with E-state index in [1.54, 1.807) is 18.0 Å². The van der Waals surface area contributed by atoms with Gasteiger partial charge in [-0.05, 0) is 24.1 Å². The van der Waals surface area contributed by atoms with Gasteiger partial charge in [0.2, 0.25) is 0 Å². The number of pyridine rings is 1. The van der Waals surface area contributed by atoms with Crippen LogP contribution in [0.1, 0.15) is 18.2 Å². The Balaban J connectivity index is 2.87. The summed E-state index contributed by atoms with van der Waals surface area (Å²) in [5.74, 6) is 0.790. The van der Waals surface area contributed by atoms with Crippen LogP contribution in [0.4, 0.5) is 5.82 Å². The molecule has 0 amide bonds. The Morgan fingerprint density at radius 3 is 2.56 bits per heavy atom. The minimum absolute atomic E-state index is 0.0392. The summed E-state index contributed by atoms with van der Waals surface area (Å²) in [6, 6.07) is 3.63. The molecule has 1 aromatic heterocycles. The molecule has 1 heterocycles. The number of aryl methyl sites for hydroxylation is 1. The maximum absolute atomic E-state index is 11.1. The minimum Gasteiger partial charge on any atom is -0.392 e. The molecule has 0 atom stereocenters. The Bertz CT molecular complexity index is 478. The summed E-state index contributed by atoms with van der Waals surface area (Å²) < 4.78 is 22.3. The predicted molar refractivity (Wildman–Crippen MR) is 72.5 cm³/mol. The zero-order chi connectivity index (χ0) is 13.8. The second-order valence-electron chi connectivity index (χ2n) is 4.39. The van der Waals surface area contributed by atoms with Crippen LogP contribution in [0.3, 0.4) is 0 Å². The summed E-state index contributed by atoms with van der Waals surface area (Å²) in [7, 11) is -1.18. The van der Waals surface area contributed by atoms with E-state index in [9.17, 15) is 13.5 Å². The number of aliphatic hydroxyl groups excluding tert-OH is 1. The Hall–Kier alpha value is -1.14. The molecule has 0 aliphatic carbocycles. The molecule has 1 N–H and O–H groups in total. The summed E-state index contributed by atoms with van der Waals surface area (Å²) in [5, 5.41) is 9.18. The van der Waals surface area contributed by atoms with E-state index in [1.165, 1.54) is 6.26 Å². The van der Waals surface area contributed by atoms with Gasteiger partial charge in [-0.3, -0.25) is 0 Å². The average Bonchev–Trinajstić information content (AvgIpc) is 2.34. The molecule has 6 heteroatoms. The first-order valence-electron chi connectivity index (χ1n) is 5.85. The fraction of sp³-hybridized carbons (Fsp3) is 0.583. The highest BCUT2D eigenvalue weighted by Gasteiger charge is 2.09. The lowest BCUT2D eigenvalue weighted by atomic mass is 10.2. The van der Waals surface area contributed by atoms with E-state index in [-0.39, 0.29) is 12.4 Å². The van der Waals surface area contributed by atoms with Crippen LogP contribution in [0.25, 0.3) is 0 Å². The number of aliphatic hydroxyl groups is 1. The Kier molecular flexibility index (Phi) is 5.10. The molecule has 0 aliphatic heterocycles. The van der Waals surface area contributed by atoms with Gasteiger partial charge < -0.3 is 10.0 Å². The van der Waals surface area contributed by atoms with E-state index < -0.39 is 9.84 Å². The lowest BCUT2D eigenvalue weighted by molar-refractivity contribution is 0.281. The molecule has 0 saturated heterocycles. The Morgan fingerprint density at radius 1 is 1.39 bits per heavy atom. The summed E-state index contributed by atoms with van der Waals surface area (Å²) in [6.07, 6.45) is 2.00. The van der Waals surface area contributed by atoms with Crippen LogP contribution < -0.4 is 4.90 Å². The summed E-state index contributed by atoms with van der Waals surface area (Å²) in [4.78, 5) is 6.21. The molecule has 0 spiro atoms. The highest BCUT2D eigenvalue weighted by atomic mass is 32.2. The number of sulfone groups is 1. The van der Waals surface area contributed by atoms with Crippen molar-refractivity contribution in [3.8, 4) is 0 Å². The van der Waals surface area contributed by atoms with Crippen LogP contribution in [0.5, 0.6) is 0 Å². The lowest BCUT2D eigenvalue weighted by Crippen LogP contribution is -2.26. The van der Waals surface area contributed by atoms with Crippen molar-refractivity contribution in [2.45, 2.75) is 20.0 Å². The van der Waals surface area contributed by atoms with Crippen molar-refractivity contribution in [2.24, 2.45) is 0 Å².